The van der Waals surface area contributed by atoms with Crippen LogP contribution in [0, 0.1) is 24.4 Å². The molecule has 0 aliphatic heterocycles. The number of fused-ring (bicyclic) bond motifs is 1. The van der Waals surface area contributed by atoms with E-state index in [0.717, 1.165) is 0 Å². The number of ether oxygens (including phenoxy) is 1. The van der Waals surface area contributed by atoms with Gasteiger partial charge in [0.2, 0.25) is 5.82 Å². The zero-order valence-corrected chi connectivity index (χ0v) is 12.7. The Morgan fingerprint density at radius 1 is 1.09 bits per heavy atom. The van der Waals surface area contributed by atoms with E-state index in [-0.39, 0.29) is 22.8 Å². The number of benzene rings is 2. The Hall–Kier alpha value is -2.08. The summed E-state index contributed by atoms with van der Waals surface area (Å²) in [4.78, 5) is 3.16. The second kappa shape index (κ2) is 5.61. The Balaban J connectivity index is 2.16. The van der Waals surface area contributed by atoms with Crippen molar-refractivity contribution < 1.29 is 17.9 Å². The fourth-order valence-electron chi connectivity index (χ4n) is 2.26. The van der Waals surface area contributed by atoms with E-state index in [1.165, 1.54) is 30.0 Å². The number of aromatic nitrogens is 1. The van der Waals surface area contributed by atoms with Gasteiger partial charge in [0.25, 0.3) is 0 Å². The maximum absolute atomic E-state index is 14.3. The standard InChI is InChI=1S/C16H12F3NOS/c1-8-7-9(3-4-11(8)17)21-15-13(19)12(18)14-10(5-6-20-14)16(15)22-2/h3-7,20H,1-2H3. The predicted octanol–water partition coefficient (Wildman–Crippen LogP) is 5.41. The van der Waals surface area contributed by atoms with Crippen molar-refractivity contribution in [3.05, 3.63) is 53.5 Å². The molecule has 0 atom stereocenters. The molecular formula is C16H12F3NOS. The van der Waals surface area contributed by atoms with Gasteiger partial charge in [-0.05, 0) is 43.0 Å². The zero-order valence-electron chi connectivity index (χ0n) is 11.8. The van der Waals surface area contributed by atoms with Gasteiger partial charge >= 0.3 is 0 Å². The fourth-order valence-corrected chi connectivity index (χ4v) is 2.97. The van der Waals surface area contributed by atoms with Crippen LogP contribution in [0.1, 0.15) is 5.56 Å². The lowest BCUT2D eigenvalue weighted by atomic mass is 10.2. The lowest BCUT2D eigenvalue weighted by Gasteiger charge is -2.13. The Morgan fingerprint density at radius 3 is 2.55 bits per heavy atom. The van der Waals surface area contributed by atoms with E-state index < -0.39 is 11.6 Å². The highest BCUT2D eigenvalue weighted by Crippen LogP contribution is 2.41. The molecule has 1 heterocycles. The molecule has 0 radical (unpaired) electrons. The minimum Gasteiger partial charge on any atom is -0.453 e. The smallest absolute Gasteiger partial charge is 0.204 e. The highest BCUT2D eigenvalue weighted by molar-refractivity contribution is 7.99. The number of aryl methyl sites for hydroxylation is 1. The predicted molar refractivity (Wildman–Crippen MR) is 81.2 cm³/mol. The van der Waals surface area contributed by atoms with Gasteiger partial charge in [-0.25, -0.2) is 8.78 Å². The molecule has 0 amide bonds. The summed E-state index contributed by atoms with van der Waals surface area (Å²) in [5.74, 6) is -2.39. The molecule has 3 aromatic rings. The number of hydrogen-bond donors (Lipinski definition) is 1. The monoisotopic (exact) mass is 323 g/mol. The summed E-state index contributed by atoms with van der Waals surface area (Å²) >= 11 is 1.25. The number of hydrogen-bond acceptors (Lipinski definition) is 2. The molecule has 1 N–H and O–H groups in total. The quantitative estimate of drug-likeness (QED) is 0.652. The van der Waals surface area contributed by atoms with Crippen molar-refractivity contribution in [2.75, 3.05) is 6.26 Å². The summed E-state index contributed by atoms with van der Waals surface area (Å²) < 4.78 is 47.2. The van der Waals surface area contributed by atoms with Crippen molar-refractivity contribution in [3.63, 3.8) is 0 Å². The number of nitrogens with one attached hydrogen (secondary N) is 1. The molecular weight excluding hydrogens is 311 g/mol. The van der Waals surface area contributed by atoms with E-state index in [1.54, 1.807) is 25.4 Å². The Morgan fingerprint density at radius 2 is 1.86 bits per heavy atom. The SMILES string of the molecule is CSc1c(Oc2ccc(F)c(C)c2)c(F)c(F)c2[nH]ccc12. The van der Waals surface area contributed by atoms with E-state index in [0.29, 0.717) is 15.8 Å². The van der Waals surface area contributed by atoms with Crippen molar-refractivity contribution in [2.24, 2.45) is 0 Å². The van der Waals surface area contributed by atoms with Gasteiger partial charge in [-0.1, -0.05) is 0 Å². The van der Waals surface area contributed by atoms with Crippen LogP contribution in [0.25, 0.3) is 10.9 Å². The first-order valence-electron chi connectivity index (χ1n) is 6.49. The van der Waals surface area contributed by atoms with Gasteiger partial charge in [0, 0.05) is 11.6 Å². The van der Waals surface area contributed by atoms with E-state index >= 15 is 0 Å². The van der Waals surface area contributed by atoms with Gasteiger partial charge in [-0.15, -0.1) is 11.8 Å². The van der Waals surface area contributed by atoms with Crippen molar-refractivity contribution in [2.45, 2.75) is 11.8 Å². The van der Waals surface area contributed by atoms with E-state index in [9.17, 15) is 13.2 Å². The molecule has 0 saturated carbocycles. The molecule has 1 aromatic heterocycles. The summed E-state index contributed by atoms with van der Waals surface area (Å²) in [6.07, 6.45) is 3.29. The first-order valence-corrected chi connectivity index (χ1v) is 7.71. The number of aromatic amines is 1. The van der Waals surface area contributed by atoms with Crippen LogP contribution in [0.4, 0.5) is 13.2 Å². The molecule has 0 aliphatic rings. The lowest BCUT2D eigenvalue weighted by molar-refractivity contribution is 0.409. The number of thioether (sulfide) groups is 1. The number of H-pyrrole nitrogens is 1. The minimum atomic E-state index is -1.07. The summed E-state index contributed by atoms with van der Waals surface area (Å²) in [5, 5.41) is 0.542. The van der Waals surface area contributed by atoms with E-state index in [1.807, 2.05) is 0 Å². The Labute approximate surface area is 129 Å². The third-order valence-electron chi connectivity index (χ3n) is 3.36. The van der Waals surface area contributed by atoms with Crippen molar-refractivity contribution >= 4 is 22.7 Å². The van der Waals surface area contributed by atoms with Crippen LogP contribution in [0.2, 0.25) is 0 Å². The molecule has 22 heavy (non-hydrogen) atoms. The van der Waals surface area contributed by atoms with Crippen LogP contribution in [0.15, 0.2) is 35.4 Å². The maximum atomic E-state index is 14.3. The molecule has 0 spiro atoms. The minimum absolute atomic E-state index is 0.101. The lowest BCUT2D eigenvalue weighted by Crippen LogP contribution is -1.97. The first-order chi connectivity index (χ1) is 10.5. The Kier molecular flexibility index (Phi) is 3.78. The number of rotatable bonds is 3. The highest BCUT2D eigenvalue weighted by atomic mass is 32.2. The summed E-state index contributed by atoms with van der Waals surface area (Å²) in [5.41, 5.74) is 0.469. The summed E-state index contributed by atoms with van der Waals surface area (Å²) in [7, 11) is 0. The van der Waals surface area contributed by atoms with Gasteiger partial charge in [-0.3, -0.25) is 0 Å². The normalized spacial score (nSPS) is 11.1. The van der Waals surface area contributed by atoms with Crippen LogP contribution < -0.4 is 4.74 Å². The van der Waals surface area contributed by atoms with Crippen LogP contribution >= 0.6 is 11.8 Å². The fraction of sp³-hybridized carbons (Fsp3) is 0.125. The molecule has 0 unspecified atom stereocenters. The average molecular weight is 323 g/mol. The first kappa shape index (κ1) is 14.8. The van der Waals surface area contributed by atoms with Crippen LogP contribution in [0.3, 0.4) is 0 Å². The van der Waals surface area contributed by atoms with Gasteiger partial charge in [0.1, 0.15) is 11.6 Å². The van der Waals surface area contributed by atoms with Crippen LogP contribution in [-0.2, 0) is 0 Å². The molecule has 0 saturated heterocycles. The second-order valence-electron chi connectivity index (χ2n) is 4.77. The summed E-state index contributed by atoms with van der Waals surface area (Å²) in [6.45, 7) is 1.57. The maximum Gasteiger partial charge on any atom is 0.204 e. The zero-order chi connectivity index (χ0) is 15.9. The molecule has 3 rings (SSSR count). The molecule has 0 bridgehead atoms. The van der Waals surface area contributed by atoms with Crippen molar-refractivity contribution in [1.29, 1.82) is 0 Å². The van der Waals surface area contributed by atoms with Crippen molar-refractivity contribution in [1.82, 2.24) is 4.98 Å². The van der Waals surface area contributed by atoms with E-state index in [2.05, 4.69) is 4.98 Å². The Bertz CT molecular complexity index is 860. The third kappa shape index (κ3) is 2.33. The van der Waals surface area contributed by atoms with Crippen molar-refractivity contribution in [3.8, 4) is 11.5 Å². The van der Waals surface area contributed by atoms with Gasteiger partial charge in [0.05, 0.1) is 10.4 Å². The second-order valence-corrected chi connectivity index (χ2v) is 5.59. The van der Waals surface area contributed by atoms with Gasteiger partial charge in [0.15, 0.2) is 11.6 Å². The molecule has 0 aliphatic carbocycles. The van der Waals surface area contributed by atoms with Crippen LogP contribution in [0.5, 0.6) is 11.5 Å². The third-order valence-corrected chi connectivity index (χ3v) is 4.18. The molecule has 0 fully saturated rings. The topological polar surface area (TPSA) is 25.0 Å². The molecule has 114 valence electrons. The molecule has 2 nitrogen and oxygen atoms in total. The van der Waals surface area contributed by atoms with E-state index in [4.69, 9.17) is 4.74 Å². The largest absolute Gasteiger partial charge is 0.453 e. The summed E-state index contributed by atoms with van der Waals surface area (Å²) in [6, 6.07) is 5.71. The molecule has 2 aromatic carbocycles. The highest BCUT2D eigenvalue weighted by Gasteiger charge is 2.22. The van der Waals surface area contributed by atoms with Crippen LogP contribution in [-0.4, -0.2) is 11.2 Å². The molecule has 6 heteroatoms. The number of halogens is 3. The van der Waals surface area contributed by atoms with Gasteiger partial charge < -0.3 is 9.72 Å². The van der Waals surface area contributed by atoms with Gasteiger partial charge in [-0.2, -0.15) is 4.39 Å². The average Bonchev–Trinajstić information content (AvgIpc) is 2.98.